The van der Waals surface area contributed by atoms with Gasteiger partial charge in [0.1, 0.15) is 17.0 Å². The van der Waals surface area contributed by atoms with Gasteiger partial charge in [0.05, 0.1) is 17.6 Å². The van der Waals surface area contributed by atoms with E-state index in [4.69, 9.17) is 4.74 Å². The first-order chi connectivity index (χ1) is 13.8. The van der Waals surface area contributed by atoms with Crippen LogP contribution in [0.5, 0.6) is 11.6 Å². The Morgan fingerprint density at radius 2 is 1.64 bits per heavy atom. The van der Waals surface area contributed by atoms with Crippen LogP contribution in [0.1, 0.15) is 5.82 Å². The molecule has 3 aromatic heterocycles. The minimum absolute atomic E-state index is 0.483. The fourth-order valence-corrected chi connectivity index (χ4v) is 3.02. The van der Waals surface area contributed by atoms with E-state index in [-0.39, 0.29) is 0 Å². The van der Waals surface area contributed by atoms with Crippen LogP contribution in [0.25, 0.3) is 22.4 Å². The first-order valence-corrected chi connectivity index (χ1v) is 8.84. The zero-order chi connectivity index (χ0) is 18.9. The van der Waals surface area contributed by atoms with Crippen LogP contribution in [-0.2, 0) is 0 Å². The number of ether oxygens (including phenoxy) is 1. The predicted molar refractivity (Wildman–Crippen MR) is 105 cm³/mol. The first-order valence-electron chi connectivity index (χ1n) is 8.84. The summed E-state index contributed by atoms with van der Waals surface area (Å²) in [4.78, 5) is 9.03. The molecule has 0 unspecified atom stereocenters. The lowest BCUT2D eigenvalue weighted by Gasteiger charge is -2.08. The molecule has 0 atom stereocenters. The molecular formula is C21H16N6O. The molecule has 0 N–H and O–H groups in total. The van der Waals surface area contributed by atoms with Crippen molar-refractivity contribution in [2.24, 2.45) is 0 Å². The van der Waals surface area contributed by atoms with Crippen molar-refractivity contribution in [3.05, 3.63) is 85.1 Å². The SMILES string of the molecule is Cc1nc(Oc2ccc(-n3cccn3)cc2)c2cnn(-c3ccccc3)c2n1. The van der Waals surface area contributed by atoms with Gasteiger partial charge >= 0.3 is 0 Å². The number of fused-ring (bicyclic) bond motifs is 1. The van der Waals surface area contributed by atoms with Gasteiger partial charge in [-0.05, 0) is 49.4 Å². The molecule has 5 rings (SSSR count). The Morgan fingerprint density at radius 3 is 2.39 bits per heavy atom. The molecule has 0 saturated heterocycles. The summed E-state index contributed by atoms with van der Waals surface area (Å²) in [5.41, 5.74) is 2.60. The third-order valence-corrected chi connectivity index (χ3v) is 4.33. The summed E-state index contributed by atoms with van der Waals surface area (Å²) in [5.74, 6) is 1.78. The van der Waals surface area contributed by atoms with Crippen molar-refractivity contribution in [1.29, 1.82) is 0 Å². The second-order valence-corrected chi connectivity index (χ2v) is 6.25. The van der Waals surface area contributed by atoms with E-state index in [1.54, 1.807) is 21.8 Å². The van der Waals surface area contributed by atoms with Gasteiger partial charge < -0.3 is 4.74 Å². The number of aromatic nitrogens is 6. The topological polar surface area (TPSA) is 70.7 Å². The summed E-state index contributed by atoms with van der Waals surface area (Å²) in [6.45, 7) is 1.84. The molecule has 28 heavy (non-hydrogen) atoms. The van der Waals surface area contributed by atoms with Gasteiger partial charge in [-0.1, -0.05) is 18.2 Å². The Kier molecular flexibility index (Phi) is 3.83. The molecule has 7 heteroatoms. The maximum absolute atomic E-state index is 6.06. The molecule has 0 aliphatic carbocycles. The van der Waals surface area contributed by atoms with Crippen molar-refractivity contribution < 1.29 is 4.74 Å². The van der Waals surface area contributed by atoms with Gasteiger partial charge in [0.15, 0.2) is 5.65 Å². The number of nitrogens with zero attached hydrogens (tertiary/aromatic N) is 6. The fraction of sp³-hybridized carbons (Fsp3) is 0.0476. The van der Waals surface area contributed by atoms with Crippen molar-refractivity contribution in [3.63, 3.8) is 0 Å². The Balaban J connectivity index is 1.52. The number of hydrogen-bond donors (Lipinski definition) is 0. The Labute approximate surface area is 160 Å². The highest BCUT2D eigenvalue weighted by atomic mass is 16.5. The van der Waals surface area contributed by atoms with Crippen LogP contribution in [0, 0.1) is 6.92 Å². The van der Waals surface area contributed by atoms with Crippen LogP contribution in [-0.4, -0.2) is 29.5 Å². The number of para-hydroxylation sites is 1. The summed E-state index contributed by atoms with van der Waals surface area (Å²) in [6, 6.07) is 19.4. The van der Waals surface area contributed by atoms with Gasteiger partial charge in [-0.2, -0.15) is 15.2 Å². The van der Waals surface area contributed by atoms with Crippen molar-refractivity contribution >= 4 is 11.0 Å². The van der Waals surface area contributed by atoms with Crippen LogP contribution in [0.2, 0.25) is 0 Å². The largest absolute Gasteiger partial charge is 0.438 e. The summed E-state index contributed by atoms with van der Waals surface area (Å²) in [6.07, 6.45) is 5.37. The minimum Gasteiger partial charge on any atom is -0.438 e. The average molecular weight is 368 g/mol. The number of benzene rings is 2. The standard InChI is InChI=1S/C21H16N6O/c1-15-24-20-19(14-23-27(20)17-6-3-2-4-7-17)21(25-15)28-18-10-8-16(9-11-18)26-13-5-12-22-26/h2-14H,1H3. The van der Waals surface area contributed by atoms with Crippen molar-refractivity contribution in [2.75, 3.05) is 0 Å². The average Bonchev–Trinajstić information content (AvgIpc) is 3.39. The molecule has 0 fully saturated rings. The lowest BCUT2D eigenvalue weighted by molar-refractivity contribution is 0.466. The van der Waals surface area contributed by atoms with Gasteiger partial charge in [-0.3, -0.25) is 0 Å². The molecule has 0 radical (unpaired) electrons. The van der Waals surface area contributed by atoms with E-state index in [9.17, 15) is 0 Å². The normalized spacial score (nSPS) is 11.0. The van der Waals surface area contributed by atoms with Crippen molar-refractivity contribution in [1.82, 2.24) is 29.5 Å². The second-order valence-electron chi connectivity index (χ2n) is 6.25. The highest BCUT2D eigenvalue weighted by molar-refractivity contribution is 5.81. The van der Waals surface area contributed by atoms with E-state index in [2.05, 4.69) is 20.2 Å². The number of hydrogen-bond acceptors (Lipinski definition) is 5. The second kappa shape index (κ2) is 6.62. The third kappa shape index (κ3) is 2.88. The molecule has 136 valence electrons. The smallest absolute Gasteiger partial charge is 0.233 e. The molecule has 0 aliphatic heterocycles. The molecule has 2 aromatic carbocycles. The Morgan fingerprint density at radius 1 is 0.821 bits per heavy atom. The minimum atomic E-state index is 0.483. The molecule has 0 aliphatic rings. The zero-order valence-corrected chi connectivity index (χ0v) is 15.1. The number of rotatable bonds is 4. The fourth-order valence-electron chi connectivity index (χ4n) is 3.02. The summed E-state index contributed by atoms with van der Waals surface area (Å²) < 4.78 is 9.64. The maximum atomic E-state index is 6.06. The van der Waals surface area contributed by atoms with Crippen LogP contribution in [0.4, 0.5) is 0 Å². The van der Waals surface area contributed by atoms with E-state index in [1.807, 2.05) is 73.8 Å². The molecule has 3 heterocycles. The monoisotopic (exact) mass is 368 g/mol. The zero-order valence-electron chi connectivity index (χ0n) is 15.1. The van der Waals surface area contributed by atoms with E-state index in [0.717, 1.165) is 16.8 Å². The van der Waals surface area contributed by atoms with E-state index in [1.165, 1.54) is 0 Å². The van der Waals surface area contributed by atoms with Gasteiger partial charge in [0.2, 0.25) is 5.88 Å². The lowest BCUT2D eigenvalue weighted by atomic mass is 10.3. The van der Waals surface area contributed by atoms with E-state index in [0.29, 0.717) is 23.1 Å². The van der Waals surface area contributed by atoms with Gasteiger partial charge in [-0.15, -0.1) is 0 Å². The van der Waals surface area contributed by atoms with Crippen LogP contribution < -0.4 is 4.74 Å². The van der Waals surface area contributed by atoms with Gasteiger partial charge in [0.25, 0.3) is 0 Å². The molecule has 5 aromatic rings. The molecule has 0 spiro atoms. The molecular weight excluding hydrogens is 352 g/mol. The van der Waals surface area contributed by atoms with Crippen LogP contribution in [0.15, 0.2) is 79.3 Å². The third-order valence-electron chi connectivity index (χ3n) is 4.33. The summed E-state index contributed by atoms with van der Waals surface area (Å²) in [5, 5.41) is 9.46. The van der Waals surface area contributed by atoms with Crippen LogP contribution >= 0.6 is 0 Å². The Hall–Kier alpha value is -4.00. The van der Waals surface area contributed by atoms with Crippen LogP contribution in [0.3, 0.4) is 0 Å². The van der Waals surface area contributed by atoms with E-state index < -0.39 is 0 Å². The summed E-state index contributed by atoms with van der Waals surface area (Å²) in [7, 11) is 0. The molecule has 0 bridgehead atoms. The Bertz CT molecular complexity index is 1230. The number of aryl methyl sites for hydroxylation is 1. The highest BCUT2D eigenvalue weighted by Crippen LogP contribution is 2.29. The van der Waals surface area contributed by atoms with Crippen molar-refractivity contribution in [2.45, 2.75) is 6.92 Å². The van der Waals surface area contributed by atoms with Crippen molar-refractivity contribution in [3.8, 4) is 23.0 Å². The summed E-state index contributed by atoms with van der Waals surface area (Å²) >= 11 is 0. The van der Waals surface area contributed by atoms with Gasteiger partial charge in [-0.25, -0.2) is 14.3 Å². The first kappa shape index (κ1) is 16.2. The predicted octanol–water partition coefficient (Wildman–Crippen LogP) is 4.10. The molecule has 0 amide bonds. The molecule has 0 saturated carbocycles. The molecule has 7 nitrogen and oxygen atoms in total. The lowest BCUT2D eigenvalue weighted by Crippen LogP contribution is -2.00. The van der Waals surface area contributed by atoms with E-state index >= 15 is 0 Å². The highest BCUT2D eigenvalue weighted by Gasteiger charge is 2.14. The maximum Gasteiger partial charge on any atom is 0.233 e. The quantitative estimate of drug-likeness (QED) is 0.478. The van der Waals surface area contributed by atoms with Gasteiger partial charge in [0, 0.05) is 12.4 Å².